The number of aromatic amines is 1. The van der Waals surface area contributed by atoms with Crippen LogP contribution in [0.15, 0.2) is 48.5 Å². The van der Waals surface area contributed by atoms with E-state index in [1.165, 1.54) is 0 Å². The van der Waals surface area contributed by atoms with Gasteiger partial charge in [-0.1, -0.05) is 48.9 Å². The van der Waals surface area contributed by atoms with Gasteiger partial charge in [0.25, 0.3) is 0 Å². The molecule has 24 heavy (non-hydrogen) atoms. The molecule has 0 aliphatic carbocycles. The molecule has 0 saturated heterocycles. The Hall–Kier alpha value is -2.66. The molecule has 0 aliphatic rings. The van der Waals surface area contributed by atoms with Gasteiger partial charge in [0.15, 0.2) is 0 Å². The van der Waals surface area contributed by atoms with Gasteiger partial charge in [0.05, 0.1) is 11.0 Å². The number of imidazole rings is 1. The number of nitrogens with one attached hydrogen (secondary N) is 2. The van der Waals surface area contributed by atoms with Crippen molar-refractivity contribution in [1.82, 2.24) is 15.4 Å². The second-order valence-electron chi connectivity index (χ2n) is 5.85. The summed E-state index contributed by atoms with van der Waals surface area (Å²) in [6.45, 7) is 0. The first kappa shape index (κ1) is 16.2. The molecule has 0 spiro atoms. The normalized spacial score (nSPS) is 10.9. The molecule has 5 nitrogen and oxygen atoms in total. The van der Waals surface area contributed by atoms with Crippen LogP contribution in [0.4, 0.5) is 0 Å². The van der Waals surface area contributed by atoms with Gasteiger partial charge in [0, 0.05) is 18.4 Å². The minimum Gasteiger partial charge on any atom is -0.342 e. The largest absolute Gasteiger partial charge is 0.342 e. The van der Waals surface area contributed by atoms with Crippen molar-refractivity contribution in [3.8, 4) is 11.1 Å². The summed E-state index contributed by atoms with van der Waals surface area (Å²) in [5.41, 5.74) is 6.00. The quantitative estimate of drug-likeness (QED) is 0.351. The van der Waals surface area contributed by atoms with E-state index in [2.05, 4.69) is 23.2 Å². The molecule has 5 heteroatoms. The van der Waals surface area contributed by atoms with Gasteiger partial charge in [-0.25, -0.2) is 10.5 Å². The molecule has 0 unspecified atom stereocenters. The third-order valence-electron chi connectivity index (χ3n) is 4.09. The zero-order valence-electron chi connectivity index (χ0n) is 13.5. The SMILES string of the molecule is O=C(CCCCCc1nc2c(-c3ccccc3)cccc2[nH]1)NO. The lowest BCUT2D eigenvalue weighted by Gasteiger charge is -2.01. The maximum atomic E-state index is 11.0. The summed E-state index contributed by atoms with van der Waals surface area (Å²) < 4.78 is 0. The molecule has 0 fully saturated rings. The molecule has 1 heterocycles. The molecule has 3 aromatic rings. The fourth-order valence-electron chi connectivity index (χ4n) is 2.86. The standard InChI is InChI=1S/C19H21N3O2/c23-18(22-24)13-6-2-5-12-17-20-16-11-7-10-15(19(16)21-17)14-8-3-1-4-9-14/h1,3-4,7-11,24H,2,5-6,12-13H2,(H,20,21)(H,22,23). The number of benzene rings is 2. The number of carbonyl (C=O) groups is 1. The molecule has 1 amide bonds. The van der Waals surface area contributed by atoms with Crippen molar-refractivity contribution < 1.29 is 10.0 Å². The molecular weight excluding hydrogens is 302 g/mol. The van der Waals surface area contributed by atoms with Gasteiger partial charge < -0.3 is 4.98 Å². The number of aryl methyl sites for hydroxylation is 1. The smallest absolute Gasteiger partial charge is 0.243 e. The molecule has 0 saturated carbocycles. The van der Waals surface area contributed by atoms with E-state index in [-0.39, 0.29) is 5.91 Å². The fraction of sp³-hybridized carbons (Fsp3) is 0.263. The van der Waals surface area contributed by atoms with E-state index >= 15 is 0 Å². The molecule has 0 atom stereocenters. The summed E-state index contributed by atoms with van der Waals surface area (Å²) in [7, 11) is 0. The number of amides is 1. The summed E-state index contributed by atoms with van der Waals surface area (Å²) in [6.07, 6.45) is 3.86. The highest BCUT2D eigenvalue weighted by Crippen LogP contribution is 2.27. The monoisotopic (exact) mass is 323 g/mol. The van der Waals surface area contributed by atoms with E-state index in [9.17, 15) is 4.79 Å². The van der Waals surface area contributed by atoms with Crippen LogP contribution in [-0.2, 0) is 11.2 Å². The van der Waals surface area contributed by atoms with Crippen LogP contribution >= 0.6 is 0 Å². The Morgan fingerprint density at radius 2 is 1.88 bits per heavy atom. The summed E-state index contributed by atoms with van der Waals surface area (Å²) in [4.78, 5) is 19.1. The number of nitrogens with zero attached hydrogens (tertiary/aromatic N) is 1. The number of para-hydroxylation sites is 1. The van der Waals surface area contributed by atoms with Gasteiger partial charge in [0.2, 0.25) is 5.91 Å². The molecule has 0 aliphatic heterocycles. The maximum Gasteiger partial charge on any atom is 0.243 e. The van der Waals surface area contributed by atoms with E-state index in [1.807, 2.05) is 30.3 Å². The van der Waals surface area contributed by atoms with Crippen LogP contribution in [0.5, 0.6) is 0 Å². The predicted octanol–water partition coefficient (Wildman–Crippen LogP) is 3.84. The van der Waals surface area contributed by atoms with Crippen LogP contribution in [0.3, 0.4) is 0 Å². The molecule has 0 radical (unpaired) electrons. The molecule has 2 aromatic carbocycles. The minimum atomic E-state index is -0.328. The Morgan fingerprint density at radius 1 is 1.04 bits per heavy atom. The summed E-state index contributed by atoms with van der Waals surface area (Å²) in [5.74, 6) is 0.645. The number of aromatic nitrogens is 2. The summed E-state index contributed by atoms with van der Waals surface area (Å²) in [5, 5.41) is 8.46. The van der Waals surface area contributed by atoms with Crippen LogP contribution < -0.4 is 5.48 Å². The van der Waals surface area contributed by atoms with Crippen LogP contribution in [0.1, 0.15) is 31.5 Å². The first-order valence-electron chi connectivity index (χ1n) is 8.24. The van der Waals surface area contributed by atoms with Crippen molar-refractivity contribution in [1.29, 1.82) is 0 Å². The van der Waals surface area contributed by atoms with Crippen LogP contribution in [0.2, 0.25) is 0 Å². The molecular formula is C19H21N3O2. The maximum absolute atomic E-state index is 11.0. The van der Waals surface area contributed by atoms with Gasteiger partial charge >= 0.3 is 0 Å². The molecule has 3 N–H and O–H groups in total. The van der Waals surface area contributed by atoms with Gasteiger partial charge in [0.1, 0.15) is 5.82 Å². The second kappa shape index (κ2) is 7.75. The van der Waals surface area contributed by atoms with Crippen molar-refractivity contribution in [2.24, 2.45) is 0 Å². The van der Waals surface area contributed by atoms with Gasteiger partial charge in [-0.3, -0.25) is 10.0 Å². The summed E-state index contributed by atoms with van der Waals surface area (Å²) >= 11 is 0. The molecule has 1 aromatic heterocycles. The van der Waals surface area contributed by atoms with E-state index in [1.54, 1.807) is 5.48 Å². The van der Waals surface area contributed by atoms with Crippen LogP contribution in [0, 0.1) is 0 Å². The van der Waals surface area contributed by atoms with Crippen molar-refractivity contribution in [2.45, 2.75) is 32.1 Å². The highest BCUT2D eigenvalue weighted by Gasteiger charge is 2.08. The third-order valence-corrected chi connectivity index (χ3v) is 4.09. The predicted molar refractivity (Wildman–Crippen MR) is 93.6 cm³/mol. The fourth-order valence-corrected chi connectivity index (χ4v) is 2.86. The lowest BCUT2D eigenvalue weighted by atomic mass is 10.0. The number of carbonyl (C=O) groups excluding carboxylic acids is 1. The van der Waals surface area contributed by atoms with E-state index in [0.29, 0.717) is 6.42 Å². The van der Waals surface area contributed by atoms with Gasteiger partial charge in [-0.2, -0.15) is 0 Å². The van der Waals surface area contributed by atoms with Crippen molar-refractivity contribution >= 4 is 16.9 Å². The van der Waals surface area contributed by atoms with E-state index in [4.69, 9.17) is 10.2 Å². The Labute approximate surface area is 140 Å². The average Bonchev–Trinajstić information content (AvgIpc) is 3.04. The zero-order valence-corrected chi connectivity index (χ0v) is 13.5. The molecule has 0 bridgehead atoms. The van der Waals surface area contributed by atoms with Crippen molar-refractivity contribution in [2.75, 3.05) is 0 Å². The van der Waals surface area contributed by atoms with Crippen molar-refractivity contribution in [3.05, 3.63) is 54.4 Å². The van der Waals surface area contributed by atoms with E-state index in [0.717, 1.165) is 53.7 Å². The number of hydroxylamine groups is 1. The van der Waals surface area contributed by atoms with E-state index < -0.39 is 0 Å². The zero-order chi connectivity index (χ0) is 16.8. The third kappa shape index (κ3) is 3.81. The van der Waals surface area contributed by atoms with Crippen molar-refractivity contribution in [3.63, 3.8) is 0 Å². The Balaban J connectivity index is 1.67. The topological polar surface area (TPSA) is 78.0 Å². The number of rotatable bonds is 7. The number of unbranched alkanes of at least 4 members (excludes halogenated alkanes) is 2. The lowest BCUT2D eigenvalue weighted by Crippen LogP contribution is -2.17. The highest BCUT2D eigenvalue weighted by molar-refractivity contribution is 5.91. The highest BCUT2D eigenvalue weighted by atomic mass is 16.5. The minimum absolute atomic E-state index is 0.328. The number of hydrogen-bond donors (Lipinski definition) is 3. The average molecular weight is 323 g/mol. The van der Waals surface area contributed by atoms with Gasteiger partial charge in [-0.15, -0.1) is 0 Å². The Bertz CT molecular complexity index is 812. The number of H-pyrrole nitrogens is 1. The first-order valence-corrected chi connectivity index (χ1v) is 8.24. The second-order valence-corrected chi connectivity index (χ2v) is 5.85. The first-order chi connectivity index (χ1) is 11.8. The van der Waals surface area contributed by atoms with Gasteiger partial charge in [-0.05, 0) is 24.5 Å². The Kier molecular flexibility index (Phi) is 5.23. The molecule has 124 valence electrons. The Morgan fingerprint density at radius 3 is 2.67 bits per heavy atom. The lowest BCUT2D eigenvalue weighted by molar-refractivity contribution is -0.129. The number of hydrogen-bond acceptors (Lipinski definition) is 3. The molecule has 3 rings (SSSR count). The van der Waals surface area contributed by atoms with Crippen LogP contribution in [-0.4, -0.2) is 21.1 Å². The summed E-state index contributed by atoms with van der Waals surface area (Å²) in [6, 6.07) is 16.4. The number of fused-ring (bicyclic) bond motifs is 1. The van der Waals surface area contributed by atoms with Crippen LogP contribution in [0.25, 0.3) is 22.2 Å².